The van der Waals surface area contributed by atoms with Crippen LogP contribution in [-0.4, -0.2) is 4.92 Å². The third-order valence-corrected chi connectivity index (χ3v) is 1.45. The van der Waals surface area contributed by atoms with Crippen LogP contribution in [0.4, 0.5) is 0 Å². The maximum absolute atomic E-state index is 10.1. The molecule has 0 bridgehead atoms. The van der Waals surface area contributed by atoms with Crippen molar-refractivity contribution in [2.75, 3.05) is 0 Å². The van der Waals surface area contributed by atoms with Gasteiger partial charge in [0.25, 0.3) is 0 Å². The Balaban J connectivity index is 2.88. The number of rotatable bonds is 1. The maximum Gasteiger partial charge on any atom is 0.427 e. The van der Waals surface area contributed by atoms with Crippen molar-refractivity contribution in [3.63, 3.8) is 0 Å². The second-order valence-corrected chi connectivity index (χ2v) is 2.56. The Labute approximate surface area is 66.0 Å². The van der Waals surface area contributed by atoms with Gasteiger partial charge in [-0.3, -0.25) is 10.1 Å². The van der Waals surface area contributed by atoms with E-state index in [0.29, 0.717) is 0 Å². The van der Waals surface area contributed by atoms with Crippen LogP contribution in [0.25, 0.3) is 0 Å². The molecule has 3 nitrogen and oxygen atoms in total. The molecule has 1 rings (SSSR count). The van der Waals surface area contributed by atoms with Gasteiger partial charge in [0.05, 0.1) is 6.08 Å². The maximum atomic E-state index is 10.1. The number of hydrogen-bond donors (Lipinski definition) is 0. The first-order valence-electron chi connectivity index (χ1n) is 2.52. The predicted octanol–water partition coefficient (Wildman–Crippen LogP) is 1.80. The van der Waals surface area contributed by atoms with Gasteiger partial charge in [-0.05, 0) is 0 Å². The summed E-state index contributed by atoms with van der Waals surface area (Å²) in [4.78, 5) is 9.59. The fourth-order valence-electron chi connectivity index (χ4n) is 0.511. The van der Waals surface area contributed by atoms with E-state index >= 15 is 0 Å². The Morgan fingerprint density at radius 3 is 2.70 bits per heavy atom. The highest BCUT2D eigenvalue weighted by molar-refractivity contribution is 9.11. The number of hydrogen-bond acceptors (Lipinski definition) is 2. The van der Waals surface area contributed by atoms with E-state index < -0.39 is 4.92 Å². The van der Waals surface area contributed by atoms with Gasteiger partial charge in [-0.2, -0.15) is 0 Å². The standard InChI is InChI=1S/C6H3BrNO2/c7-5-1-3-6(4-2-5)8(9)10/h1-3H/q+1. The van der Waals surface area contributed by atoms with E-state index in [-0.39, 0.29) is 5.70 Å². The van der Waals surface area contributed by atoms with Crippen LogP contribution < -0.4 is 0 Å². The lowest BCUT2D eigenvalue weighted by molar-refractivity contribution is -0.419. The summed E-state index contributed by atoms with van der Waals surface area (Å²) >= 11 is 3.14. The molecule has 0 N–H and O–H groups in total. The number of halogens is 1. The molecule has 50 valence electrons. The average Bonchev–Trinajstić information content (AvgIpc) is 1.88. The summed E-state index contributed by atoms with van der Waals surface area (Å²) in [7, 11) is 0. The average molecular weight is 201 g/mol. The van der Waals surface area contributed by atoms with E-state index in [0.717, 1.165) is 4.48 Å². The Bertz CT molecular complexity index is 252. The molecule has 10 heavy (non-hydrogen) atoms. The Morgan fingerprint density at radius 1 is 1.60 bits per heavy atom. The molecule has 0 aromatic carbocycles. The zero-order chi connectivity index (χ0) is 7.56. The first-order valence-corrected chi connectivity index (χ1v) is 3.31. The summed E-state index contributed by atoms with van der Waals surface area (Å²) in [6.45, 7) is 0. The third-order valence-electron chi connectivity index (χ3n) is 0.955. The molecule has 0 fully saturated rings. The Kier molecular flexibility index (Phi) is 1.94. The van der Waals surface area contributed by atoms with Gasteiger partial charge in [0.1, 0.15) is 27.6 Å². The quantitative estimate of drug-likeness (QED) is 0.368. The highest BCUT2D eigenvalue weighted by Crippen LogP contribution is 2.13. The molecule has 0 radical (unpaired) electrons. The predicted molar refractivity (Wildman–Crippen MR) is 39.9 cm³/mol. The molecule has 1 aliphatic carbocycles. The van der Waals surface area contributed by atoms with Gasteiger partial charge in [-0.1, -0.05) is 0 Å². The molecule has 0 amide bonds. The zero-order valence-electron chi connectivity index (χ0n) is 4.87. The van der Waals surface area contributed by atoms with Crippen molar-refractivity contribution in [2.45, 2.75) is 0 Å². The van der Waals surface area contributed by atoms with Gasteiger partial charge in [0.15, 0.2) is 0 Å². The molecule has 0 atom stereocenters. The van der Waals surface area contributed by atoms with Crippen LogP contribution in [0.5, 0.6) is 0 Å². The number of nitrogens with zero attached hydrogens (tertiary/aromatic N) is 1. The lowest BCUT2D eigenvalue weighted by atomic mass is 10.2. The smallest absolute Gasteiger partial charge is 0.256 e. The molecule has 0 saturated carbocycles. The van der Waals surface area contributed by atoms with Gasteiger partial charge in [-0.15, -0.1) is 0 Å². The fourth-order valence-corrected chi connectivity index (χ4v) is 0.758. The van der Waals surface area contributed by atoms with Crippen molar-refractivity contribution in [1.29, 1.82) is 0 Å². The van der Waals surface area contributed by atoms with Gasteiger partial charge in [0.2, 0.25) is 0 Å². The molecule has 4 heteroatoms. The highest BCUT2D eigenvalue weighted by Gasteiger charge is 2.17. The highest BCUT2D eigenvalue weighted by atomic mass is 79.9. The van der Waals surface area contributed by atoms with Gasteiger partial charge in [-0.25, -0.2) is 0 Å². The summed E-state index contributed by atoms with van der Waals surface area (Å²) in [5, 5.41) is 10.1. The van der Waals surface area contributed by atoms with Crippen molar-refractivity contribution in [1.82, 2.24) is 0 Å². The molecule has 0 spiro atoms. The van der Waals surface area contributed by atoms with Gasteiger partial charge >= 0.3 is 5.70 Å². The van der Waals surface area contributed by atoms with Gasteiger partial charge < -0.3 is 0 Å². The largest absolute Gasteiger partial charge is 0.427 e. The van der Waals surface area contributed by atoms with E-state index in [4.69, 9.17) is 0 Å². The molecule has 1 aliphatic rings. The van der Waals surface area contributed by atoms with Gasteiger partial charge in [0, 0.05) is 15.9 Å². The second kappa shape index (κ2) is 2.73. The first kappa shape index (κ1) is 7.12. The Hall–Kier alpha value is -0.990. The molecular formula is C6H3BrNO2+. The minimum absolute atomic E-state index is 0.0109. The Morgan fingerprint density at radius 2 is 2.30 bits per heavy atom. The zero-order valence-corrected chi connectivity index (χ0v) is 6.46. The van der Waals surface area contributed by atoms with Crippen molar-refractivity contribution in [3.8, 4) is 0 Å². The summed E-state index contributed by atoms with van der Waals surface area (Å²) in [6.07, 6.45) is 7.00. The molecule has 0 aromatic rings. The minimum atomic E-state index is -0.480. The van der Waals surface area contributed by atoms with E-state index in [9.17, 15) is 10.1 Å². The van der Waals surface area contributed by atoms with Crippen LogP contribution in [0, 0.1) is 16.2 Å². The summed E-state index contributed by atoms with van der Waals surface area (Å²) in [5.74, 6) is 0. The summed E-state index contributed by atoms with van der Waals surface area (Å²) in [6, 6.07) is 0. The lowest BCUT2D eigenvalue weighted by Crippen LogP contribution is -1.96. The van der Waals surface area contributed by atoms with Crippen LogP contribution in [0.3, 0.4) is 0 Å². The van der Waals surface area contributed by atoms with Crippen molar-refractivity contribution >= 4 is 15.9 Å². The summed E-state index contributed by atoms with van der Waals surface area (Å²) < 4.78 is 0.790. The molecule has 0 heterocycles. The molecule has 0 aliphatic heterocycles. The van der Waals surface area contributed by atoms with Crippen molar-refractivity contribution in [3.05, 3.63) is 44.6 Å². The minimum Gasteiger partial charge on any atom is -0.256 e. The first-order chi connectivity index (χ1) is 4.70. The van der Waals surface area contributed by atoms with Crippen LogP contribution in [0.15, 0.2) is 28.4 Å². The van der Waals surface area contributed by atoms with E-state index in [1.54, 1.807) is 6.08 Å². The normalized spacial score (nSPS) is 15.3. The van der Waals surface area contributed by atoms with Crippen LogP contribution in [0.1, 0.15) is 0 Å². The topological polar surface area (TPSA) is 43.1 Å². The summed E-state index contributed by atoms with van der Waals surface area (Å²) in [5.41, 5.74) is -0.0109. The lowest BCUT2D eigenvalue weighted by Gasteiger charge is -1.83. The second-order valence-electron chi connectivity index (χ2n) is 1.65. The molecule has 0 saturated heterocycles. The number of allylic oxidation sites excluding steroid dienone is 5. The van der Waals surface area contributed by atoms with Crippen LogP contribution in [-0.2, 0) is 0 Å². The third kappa shape index (κ3) is 1.50. The number of nitro groups is 1. The van der Waals surface area contributed by atoms with E-state index in [1.807, 2.05) is 0 Å². The van der Waals surface area contributed by atoms with Crippen LogP contribution in [0.2, 0.25) is 0 Å². The van der Waals surface area contributed by atoms with Crippen LogP contribution >= 0.6 is 15.9 Å². The fraction of sp³-hybridized carbons (Fsp3) is 0. The molecule has 0 unspecified atom stereocenters. The van der Waals surface area contributed by atoms with Crippen molar-refractivity contribution < 1.29 is 4.92 Å². The molecule has 0 aromatic heterocycles. The van der Waals surface area contributed by atoms with E-state index in [2.05, 4.69) is 22.0 Å². The van der Waals surface area contributed by atoms with Crippen molar-refractivity contribution in [2.24, 2.45) is 0 Å². The molecular weight excluding hydrogens is 198 g/mol. The monoisotopic (exact) mass is 200 g/mol. The SMILES string of the molecule is O=[N+]([O-])C1=[C+]C=C(Br)C=C1. The van der Waals surface area contributed by atoms with E-state index in [1.165, 1.54) is 12.2 Å².